The molecular formula is C25H22O5. The van der Waals surface area contributed by atoms with Crippen LogP contribution in [0.3, 0.4) is 0 Å². The highest BCUT2D eigenvalue weighted by atomic mass is 16.4. The number of furan rings is 1. The van der Waals surface area contributed by atoms with Gasteiger partial charge < -0.3 is 14.6 Å². The average molecular weight is 402 g/mol. The lowest BCUT2D eigenvalue weighted by molar-refractivity contribution is -0.136. The van der Waals surface area contributed by atoms with Gasteiger partial charge >= 0.3 is 11.9 Å². The second-order valence-electron chi connectivity index (χ2n) is 6.85. The van der Waals surface area contributed by atoms with Crippen LogP contribution in [-0.2, 0) is 16.0 Å². The molecule has 0 aliphatic rings. The van der Waals surface area contributed by atoms with E-state index in [1.165, 1.54) is 6.08 Å². The van der Waals surface area contributed by atoms with Gasteiger partial charge in [-0.15, -0.1) is 0 Å². The van der Waals surface area contributed by atoms with Crippen molar-refractivity contribution in [3.8, 4) is 0 Å². The molecule has 3 rings (SSSR count). The van der Waals surface area contributed by atoms with Crippen molar-refractivity contribution in [2.75, 3.05) is 0 Å². The van der Waals surface area contributed by atoms with E-state index in [0.29, 0.717) is 22.5 Å². The van der Waals surface area contributed by atoms with Crippen molar-refractivity contribution in [3.63, 3.8) is 0 Å². The average Bonchev–Trinajstić information content (AvgIpc) is 3.05. The summed E-state index contributed by atoms with van der Waals surface area (Å²) in [6, 6.07) is 19.7. The summed E-state index contributed by atoms with van der Waals surface area (Å²) in [7, 11) is 0. The summed E-state index contributed by atoms with van der Waals surface area (Å²) in [4.78, 5) is 24.5. The van der Waals surface area contributed by atoms with Gasteiger partial charge in [-0.05, 0) is 43.0 Å². The van der Waals surface area contributed by atoms with E-state index in [1.54, 1.807) is 55.5 Å². The Hall–Kier alpha value is -3.86. The molecule has 3 aromatic rings. The number of aliphatic carboxylic acids is 2. The quantitative estimate of drug-likeness (QED) is 0.427. The van der Waals surface area contributed by atoms with E-state index >= 15 is 0 Å². The minimum atomic E-state index is -1.30. The van der Waals surface area contributed by atoms with E-state index in [9.17, 15) is 19.8 Å². The maximum atomic E-state index is 12.3. The van der Waals surface area contributed by atoms with E-state index in [0.717, 1.165) is 11.3 Å². The number of carboxylic acids is 2. The first-order valence-corrected chi connectivity index (χ1v) is 9.46. The molecule has 1 heterocycles. The van der Waals surface area contributed by atoms with Gasteiger partial charge in [-0.2, -0.15) is 0 Å². The summed E-state index contributed by atoms with van der Waals surface area (Å²) in [5.41, 5.74) is 1.92. The second kappa shape index (κ2) is 9.09. The normalized spacial score (nSPS) is 11.2. The first kappa shape index (κ1) is 20.9. The van der Waals surface area contributed by atoms with Crippen molar-refractivity contribution in [1.29, 1.82) is 0 Å². The predicted octanol–water partition coefficient (Wildman–Crippen LogP) is 5.04. The number of rotatable bonds is 7. The standard InChI is InChI=1S/C25H22O5/c1-16-15-20(17(2)30-16)13-14-21(24(26)27)23(25(28)29)22(18-9-5-3-6-10-18)19-11-7-4-8-12-19/h3-12,14-15H,13H2,1-2H3,(H,26,27)(H,28,29). The zero-order chi connectivity index (χ0) is 21.7. The van der Waals surface area contributed by atoms with Gasteiger partial charge in [-0.3, -0.25) is 0 Å². The number of hydrogen-bond acceptors (Lipinski definition) is 3. The Labute approximate surface area is 174 Å². The van der Waals surface area contributed by atoms with Crippen molar-refractivity contribution < 1.29 is 24.2 Å². The van der Waals surface area contributed by atoms with Crippen LogP contribution in [0.1, 0.15) is 28.2 Å². The molecule has 0 spiro atoms. The summed E-state index contributed by atoms with van der Waals surface area (Å²) in [5.74, 6) is -1.20. The Morgan fingerprint density at radius 2 is 1.40 bits per heavy atom. The highest BCUT2D eigenvalue weighted by Crippen LogP contribution is 2.31. The molecule has 1 aromatic heterocycles. The fraction of sp³-hybridized carbons (Fsp3) is 0.120. The Morgan fingerprint density at radius 3 is 1.80 bits per heavy atom. The molecular weight excluding hydrogens is 380 g/mol. The van der Waals surface area contributed by atoms with Crippen LogP contribution in [-0.4, -0.2) is 22.2 Å². The lowest BCUT2D eigenvalue weighted by Crippen LogP contribution is -2.15. The summed E-state index contributed by atoms with van der Waals surface area (Å²) in [6.45, 7) is 3.60. The molecule has 0 aliphatic carbocycles. The van der Waals surface area contributed by atoms with Crippen LogP contribution in [0, 0.1) is 13.8 Å². The molecule has 0 fully saturated rings. The first-order chi connectivity index (χ1) is 14.4. The molecule has 0 radical (unpaired) electrons. The van der Waals surface area contributed by atoms with Gasteiger partial charge in [0.05, 0.1) is 11.1 Å². The Bertz CT molecular complexity index is 1080. The third-order valence-corrected chi connectivity index (χ3v) is 4.76. The third kappa shape index (κ3) is 4.58. The van der Waals surface area contributed by atoms with Gasteiger partial charge in [0, 0.05) is 5.57 Å². The topological polar surface area (TPSA) is 87.7 Å². The van der Waals surface area contributed by atoms with Crippen LogP contribution in [0.2, 0.25) is 0 Å². The predicted molar refractivity (Wildman–Crippen MR) is 114 cm³/mol. The smallest absolute Gasteiger partial charge is 0.337 e. The maximum Gasteiger partial charge on any atom is 0.337 e. The fourth-order valence-electron chi connectivity index (χ4n) is 3.42. The molecule has 0 aliphatic heterocycles. The van der Waals surface area contributed by atoms with Crippen LogP contribution < -0.4 is 0 Å². The van der Waals surface area contributed by atoms with Crippen molar-refractivity contribution in [2.24, 2.45) is 0 Å². The molecule has 0 atom stereocenters. The molecule has 5 heteroatoms. The van der Waals surface area contributed by atoms with E-state index in [2.05, 4.69) is 0 Å². The molecule has 0 amide bonds. The van der Waals surface area contributed by atoms with E-state index < -0.39 is 11.9 Å². The number of carboxylic acid groups (broad SMARTS) is 2. The summed E-state index contributed by atoms with van der Waals surface area (Å²) < 4.78 is 5.50. The summed E-state index contributed by atoms with van der Waals surface area (Å²) >= 11 is 0. The third-order valence-electron chi connectivity index (χ3n) is 4.76. The number of hydrogen-bond donors (Lipinski definition) is 2. The highest BCUT2D eigenvalue weighted by molar-refractivity contribution is 6.13. The maximum absolute atomic E-state index is 12.3. The molecule has 0 saturated heterocycles. The SMILES string of the molecule is Cc1cc(CC=C(C(=O)O)C(C(=O)O)=C(c2ccccc2)c2ccccc2)c(C)o1. The molecule has 0 saturated carbocycles. The highest BCUT2D eigenvalue weighted by Gasteiger charge is 2.26. The molecule has 0 unspecified atom stereocenters. The van der Waals surface area contributed by atoms with Crippen LogP contribution in [0.5, 0.6) is 0 Å². The number of aryl methyl sites for hydroxylation is 2. The lowest BCUT2D eigenvalue weighted by atomic mass is 9.88. The summed E-state index contributed by atoms with van der Waals surface area (Å²) in [6.07, 6.45) is 1.69. The Balaban J connectivity index is 2.25. The fourth-order valence-corrected chi connectivity index (χ4v) is 3.42. The Morgan fingerprint density at radius 1 is 0.867 bits per heavy atom. The number of allylic oxidation sites excluding steroid dienone is 1. The molecule has 0 bridgehead atoms. The van der Waals surface area contributed by atoms with Crippen molar-refractivity contribution in [3.05, 3.63) is 112 Å². The van der Waals surface area contributed by atoms with Crippen molar-refractivity contribution in [1.82, 2.24) is 0 Å². The van der Waals surface area contributed by atoms with Crippen LogP contribution in [0.15, 0.2) is 88.4 Å². The number of carbonyl (C=O) groups is 2. The van der Waals surface area contributed by atoms with Crippen LogP contribution in [0.25, 0.3) is 5.57 Å². The van der Waals surface area contributed by atoms with Gasteiger partial charge in [0.15, 0.2) is 0 Å². The van der Waals surface area contributed by atoms with Gasteiger partial charge in [-0.25, -0.2) is 9.59 Å². The molecule has 152 valence electrons. The number of benzene rings is 2. The summed E-state index contributed by atoms with van der Waals surface area (Å²) in [5, 5.41) is 20.0. The first-order valence-electron chi connectivity index (χ1n) is 9.46. The molecule has 30 heavy (non-hydrogen) atoms. The zero-order valence-electron chi connectivity index (χ0n) is 16.8. The minimum Gasteiger partial charge on any atom is -0.478 e. The molecule has 2 N–H and O–H groups in total. The molecule has 2 aromatic carbocycles. The van der Waals surface area contributed by atoms with Gasteiger partial charge in [0.1, 0.15) is 11.5 Å². The van der Waals surface area contributed by atoms with E-state index in [4.69, 9.17) is 4.42 Å². The Kier molecular flexibility index (Phi) is 6.32. The minimum absolute atomic E-state index is 0.248. The monoisotopic (exact) mass is 402 g/mol. The van der Waals surface area contributed by atoms with Crippen LogP contribution in [0.4, 0.5) is 0 Å². The second-order valence-corrected chi connectivity index (χ2v) is 6.85. The lowest BCUT2D eigenvalue weighted by Gasteiger charge is -2.14. The van der Waals surface area contributed by atoms with Gasteiger partial charge in [0.2, 0.25) is 0 Å². The van der Waals surface area contributed by atoms with E-state index in [-0.39, 0.29) is 17.6 Å². The van der Waals surface area contributed by atoms with E-state index in [1.807, 2.05) is 25.1 Å². The van der Waals surface area contributed by atoms with Crippen molar-refractivity contribution in [2.45, 2.75) is 20.3 Å². The molecule has 5 nitrogen and oxygen atoms in total. The van der Waals surface area contributed by atoms with Gasteiger partial charge in [0.25, 0.3) is 0 Å². The van der Waals surface area contributed by atoms with Crippen molar-refractivity contribution >= 4 is 17.5 Å². The van der Waals surface area contributed by atoms with Crippen LogP contribution >= 0.6 is 0 Å². The largest absolute Gasteiger partial charge is 0.478 e. The zero-order valence-corrected chi connectivity index (χ0v) is 16.8. The van der Waals surface area contributed by atoms with Gasteiger partial charge in [-0.1, -0.05) is 66.7 Å².